The molecule has 3 rings (SSSR count). The Bertz CT molecular complexity index is 867. The fraction of sp³-hybridized carbons (Fsp3) is 0.167. The number of methoxy groups -OCH3 is 1. The summed E-state index contributed by atoms with van der Waals surface area (Å²) in [6.45, 7) is 2.17. The highest BCUT2D eigenvalue weighted by Crippen LogP contribution is 2.30. The molecule has 23 heavy (non-hydrogen) atoms. The van der Waals surface area contributed by atoms with Gasteiger partial charge in [-0.25, -0.2) is 4.79 Å². The lowest BCUT2D eigenvalue weighted by molar-refractivity contribution is 0.0601. The Kier molecular flexibility index (Phi) is 4.39. The summed E-state index contributed by atoms with van der Waals surface area (Å²) in [5.74, 6) is 0.790. The zero-order valence-electron chi connectivity index (χ0n) is 12.8. The molecule has 0 saturated carbocycles. The van der Waals surface area contributed by atoms with Gasteiger partial charge in [0.05, 0.1) is 7.11 Å². The average molecular weight is 375 g/mol. The third kappa shape index (κ3) is 3.10. The Hall–Kier alpha value is -2.27. The zero-order valence-corrected chi connectivity index (χ0v) is 14.3. The Labute approximate surface area is 142 Å². The van der Waals surface area contributed by atoms with Crippen LogP contribution in [0, 0.1) is 6.92 Å². The number of hydrogen-bond acceptors (Lipinski definition) is 4. The Morgan fingerprint density at radius 1 is 1.22 bits per heavy atom. The summed E-state index contributed by atoms with van der Waals surface area (Å²) < 4.78 is 17.2. The lowest BCUT2D eigenvalue weighted by Gasteiger charge is -2.08. The van der Waals surface area contributed by atoms with Crippen molar-refractivity contribution >= 4 is 32.9 Å². The molecule has 0 unspecified atom stereocenters. The van der Waals surface area contributed by atoms with Gasteiger partial charge >= 0.3 is 5.97 Å². The van der Waals surface area contributed by atoms with E-state index in [9.17, 15) is 4.79 Å². The Balaban J connectivity index is 1.90. The Morgan fingerprint density at radius 3 is 2.74 bits per heavy atom. The topological polar surface area (TPSA) is 48.7 Å². The number of aryl methyl sites for hydroxylation is 1. The SMILES string of the molecule is COC(=O)c1c(C)oc2ccc(OCc3ccccc3Br)cc12. The molecule has 0 N–H and O–H groups in total. The van der Waals surface area contributed by atoms with Crippen molar-refractivity contribution in [2.24, 2.45) is 0 Å². The minimum absolute atomic E-state index is 0.413. The van der Waals surface area contributed by atoms with Crippen LogP contribution >= 0.6 is 15.9 Å². The second-order valence-electron chi connectivity index (χ2n) is 5.06. The summed E-state index contributed by atoms with van der Waals surface area (Å²) in [5, 5.41) is 0.693. The number of carbonyl (C=O) groups is 1. The summed E-state index contributed by atoms with van der Waals surface area (Å²) in [7, 11) is 1.36. The van der Waals surface area contributed by atoms with Gasteiger partial charge in [-0.1, -0.05) is 34.1 Å². The highest BCUT2D eigenvalue weighted by Gasteiger charge is 2.19. The third-order valence-electron chi connectivity index (χ3n) is 3.58. The average Bonchev–Trinajstić information content (AvgIpc) is 2.88. The molecule has 0 aliphatic rings. The van der Waals surface area contributed by atoms with Crippen LogP contribution in [0.3, 0.4) is 0 Å². The van der Waals surface area contributed by atoms with Gasteiger partial charge in [0.15, 0.2) is 0 Å². The minimum Gasteiger partial charge on any atom is -0.489 e. The summed E-state index contributed by atoms with van der Waals surface area (Å²) in [6.07, 6.45) is 0. The monoisotopic (exact) mass is 374 g/mol. The van der Waals surface area contributed by atoms with Gasteiger partial charge in [-0.3, -0.25) is 0 Å². The van der Waals surface area contributed by atoms with Crippen LogP contribution in [0.2, 0.25) is 0 Å². The maximum atomic E-state index is 11.9. The van der Waals surface area contributed by atoms with E-state index < -0.39 is 5.97 Å². The van der Waals surface area contributed by atoms with Gasteiger partial charge in [0.2, 0.25) is 0 Å². The molecule has 2 aromatic carbocycles. The fourth-order valence-electron chi connectivity index (χ4n) is 2.42. The van der Waals surface area contributed by atoms with E-state index in [2.05, 4.69) is 15.9 Å². The summed E-state index contributed by atoms with van der Waals surface area (Å²) >= 11 is 3.50. The molecule has 0 bridgehead atoms. The van der Waals surface area contributed by atoms with Crippen LogP contribution in [0.15, 0.2) is 51.4 Å². The molecular formula is C18H15BrO4. The number of benzene rings is 2. The lowest BCUT2D eigenvalue weighted by Crippen LogP contribution is -2.02. The lowest BCUT2D eigenvalue weighted by atomic mass is 10.1. The number of carbonyl (C=O) groups excluding carboxylic acids is 1. The maximum absolute atomic E-state index is 11.9. The van der Waals surface area contributed by atoms with Gasteiger partial charge in [0, 0.05) is 15.4 Å². The molecule has 3 aromatic rings. The number of esters is 1. The molecule has 1 heterocycles. The molecule has 0 aliphatic carbocycles. The molecule has 0 atom stereocenters. The van der Waals surface area contributed by atoms with Crippen LogP contribution in [0.25, 0.3) is 11.0 Å². The van der Waals surface area contributed by atoms with Crippen molar-refractivity contribution in [1.82, 2.24) is 0 Å². The summed E-state index contributed by atoms with van der Waals surface area (Å²) in [4.78, 5) is 11.9. The standard InChI is InChI=1S/C18H15BrO4/c1-11-17(18(20)21-2)14-9-13(7-8-16(14)23-11)22-10-12-5-3-4-6-15(12)19/h3-9H,10H2,1-2H3. The van der Waals surface area contributed by atoms with Gasteiger partial charge in [-0.15, -0.1) is 0 Å². The maximum Gasteiger partial charge on any atom is 0.342 e. The first-order chi connectivity index (χ1) is 11.1. The number of hydrogen-bond donors (Lipinski definition) is 0. The number of rotatable bonds is 4. The first kappa shape index (κ1) is 15.6. The van der Waals surface area contributed by atoms with Gasteiger partial charge < -0.3 is 13.9 Å². The Morgan fingerprint density at radius 2 is 2.00 bits per heavy atom. The van der Waals surface area contributed by atoms with E-state index in [0.29, 0.717) is 34.6 Å². The van der Waals surface area contributed by atoms with Crippen molar-refractivity contribution in [3.8, 4) is 5.75 Å². The molecular weight excluding hydrogens is 360 g/mol. The first-order valence-electron chi connectivity index (χ1n) is 7.08. The molecule has 5 heteroatoms. The number of fused-ring (bicyclic) bond motifs is 1. The minimum atomic E-state index is -0.413. The van der Waals surface area contributed by atoms with E-state index in [1.807, 2.05) is 30.3 Å². The molecule has 0 aliphatic heterocycles. The molecule has 0 saturated heterocycles. The van der Waals surface area contributed by atoms with E-state index in [-0.39, 0.29) is 0 Å². The van der Waals surface area contributed by atoms with Gasteiger partial charge in [0.1, 0.15) is 29.3 Å². The number of furan rings is 1. The van der Waals surface area contributed by atoms with Crippen molar-refractivity contribution in [2.45, 2.75) is 13.5 Å². The van der Waals surface area contributed by atoms with E-state index in [1.54, 1.807) is 19.1 Å². The van der Waals surface area contributed by atoms with Gasteiger partial charge in [0.25, 0.3) is 0 Å². The first-order valence-corrected chi connectivity index (χ1v) is 7.87. The molecule has 0 amide bonds. The van der Waals surface area contributed by atoms with E-state index in [4.69, 9.17) is 13.9 Å². The summed E-state index contributed by atoms with van der Waals surface area (Å²) in [6, 6.07) is 13.3. The van der Waals surface area contributed by atoms with Crippen molar-refractivity contribution in [3.63, 3.8) is 0 Å². The quantitative estimate of drug-likeness (QED) is 0.611. The molecule has 1 aromatic heterocycles. The normalized spacial score (nSPS) is 10.7. The molecule has 0 spiro atoms. The highest BCUT2D eigenvalue weighted by molar-refractivity contribution is 9.10. The molecule has 4 nitrogen and oxygen atoms in total. The largest absolute Gasteiger partial charge is 0.489 e. The molecule has 118 valence electrons. The van der Waals surface area contributed by atoms with Crippen LogP contribution in [0.4, 0.5) is 0 Å². The predicted octanol–water partition coefficient (Wildman–Crippen LogP) is 4.87. The number of halogens is 1. The third-order valence-corrected chi connectivity index (χ3v) is 4.35. The van der Waals surface area contributed by atoms with Crippen LogP contribution < -0.4 is 4.74 Å². The van der Waals surface area contributed by atoms with Gasteiger partial charge in [-0.2, -0.15) is 0 Å². The van der Waals surface area contributed by atoms with Crippen molar-refractivity contribution < 1.29 is 18.7 Å². The van der Waals surface area contributed by atoms with Crippen LogP contribution in [0.5, 0.6) is 5.75 Å². The van der Waals surface area contributed by atoms with Gasteiger partial charge in [-0.05, 0) is 31.2 Å². The van der Waals surface area contributed by atoms with Crippen molar-refractivity contribution in [3.05, 3.63) is 63.8 Å². The van der Waals surface area contributed by atoms with Crippen molar-refractivity contribution in [2.75, 3.05) is 7.11 Å². The molecule has 0 fully saturated rings. The molecule has 0 radical (unpaired) electrons. The highest BCUT2D eigenvalue weighted by atomic mass is 79.9. The predicted molar refractivity (Wildman–Crippen MR) is 90.8 cm³/mol. The number of ether oxygens (including phenoxy) is 2. The second-order valence-corrected chi connectivity index (χ2v) is 5.92. The smallest absolute Gasteiger partial charge is 0.342 e. The zero-order chi connectivity index (χ0) is 16.4. The van der Waals surface area contributed by atoms with Crippen LogP contribution in [-0.2, 0) is 11.3 Å². The summed E-state index contributed by atoms with van der Waals surface area (Å²) in [5.41, 5.74) is 2.12. The van der Waals surface area contributed by atoms with Crippen molar-refractivity contribution in [1.29, 1.82) is 0 Å². The van der Waals surface area contributed by atoms with E-state index >= 15 is 0 Å². The second kappa shape index (κ2) is 6.46. The fourth-order valence-corrected chi connectivity index (χ4v) is 2.82. The van der Waals surface area contributed by atoms with E-state index in [0.717, 1.165) is 10.0 Å². The van der Waals surface area contributed by atoms with E-state index in [1.165, 1.54) is 7.11 Å². The van der Waals surface area contributed by atoms with Crippen LogP contribution in [0.1, 0.15) is 21.7 Å². The van der Waals surface area contributed by atoms with Crippen LogP contribution in [-0.4, -0.2) is 13.1 Å².